The Morgan fingerprint density at radius 2 is 2.39 bits per heavy atom. The lowest BCUT2D eigenvalue weighted by molar-refractivity contribution is 0.0602. The Bertz CT molecular complexity index is 540. The van der Waals surface area contributed by atoms with Crippen LogP contribution in [-0.2, 0) is 11.3 Å². The maximum atomic E-state index is 11.6. The number of nitrogen functional groups attached to an aromatic ring is 1. The molecule has 0 amide bonds. The Hall–Kier alpha value is -2.08. The van der Waals surface area contributed by atoms with Crippen LogP contribution >= 0.6 is 11.3 Å². The van der Waals surface area contributed by atoms with Gasteiger partial charge in [0.1, 0.15) is 5.01 Å². The van der Waals surface area contributed by atoms with Gasteiger partial charge in [-0.2, -0.15) is 0 Å². The minimum Gasteiger partial charge on any atom is -0.465 e. The summed E-state index contributed by atoms with van der Waals surface area (Å²) in [5.41, 5.74) is 7.30. The van der Waals surface area contributed by atoms with Gasteiger partial charge in [0, 0.05) is 23.0 Å². The van der Waals surface area contributed by atoms with E-state index < -0.39 is 5.97 Å². The van der Waals surface area contributed by atoms with E-state index in [1.165, 1.54) is 7.11 Å². The molecular formula is C12H13N3O2S. The SMILES string of the molecule is COC(=O)c1cc(N)ccc1NCc1nccs1. The van der Waals surface area contributed by atoms with Gasteiger partial charge in [0.15, 0.2) is 0 Å². The average molecular weight is 263 g/mol. The van der Waals surface area contributed by atoms with Crippen molar-refractivity contribution >= 4 is 28.7 Å². The summed E-state index contributed by atoms with van der Waals surface area (Å²) in [4.78, 5) is 15.8. The molecule has 0 unspecified atom stereocenters. The second kappa shape index (κ2) is 5.50. The zero-order valence-electron chi connectivity index (χ0n) is 9.84. The Morgan fingerprint density at radius 3 is 3.06 bits per heavy atom. The Balaban J connectivity index is 2.18. The van der Waals surface area contributed by atoms with Gasteiger partial charge < -0.3 is 15.8 Å². The van der Waals surface area contributed by atoms with Crippen LogP contribution in [0.15, 0.2) is 29.8 Å². The Kier molecular flexibility index (Phi) is 3.78. The molecule has 0 saturated heterocycles. The van der Waals surface area contributed by atoms with E-state index in [2.05, 4.69) is 10.3 Å². The monoisotopic (exact) mass is 263 g/mol. The third-order valence-corrected chi connectivity index (χ3v) is 3.14. The van der Waals surface area contributed by atoms with Crippen molar-refractivity contribution in [1.29, 1.82) is 0 Å². The molecule has 0 atom stereocenters. The van der Waals surface area contributed by atoms with Gasteiger partial charge in [-0.25, -0.2) is 9.78 Å². The molecule has 2 rings (SSSR count). The summed E-state index contributed by atoms with van der Waals surface area (Å²) < 4.78 is 4.72. The number of ether oxygens (including phenoxy) is 1. The number of thiazole rings is 1. The standard InChI is InChI=1S/C12H13N3O2S/c1-17-12(16)9-6-8(13)2-3-10(9)15-7-11-14-4-5-18-11/h2-6,15H,7,13H2,1H3. The molecule has 0 radical (unpaired) electrons. The smallest absolute Gasteiger partial charge is 0.340 e. The molecule has 0 aliphatic rings. The maximum absolute atomic E-state index is 11.6. The summed E-state index contributed by atoms with van der Waals surface area (Å²) in [7, 11) is 1.34. The molecule has 3 N–H and O–H groups in total. The van der Waals surface area contributed by atoms with E-state index in [0.29, 0.717) is 23.5 Å². The number of aromatic nitrogens is 1. The van der Waals surface area contributed by atoms with Crippen LogP contribution < -0.4 is 11.1 Å². The van der Waals surface area contributed by atoms with E-state index in [9.17, 15) is 4.79 Å². The summed E-state index contributed by atoms with van der Waals surface area (Å²) in [6, 6.07) is 5.09. The first-order valence-electron chi connectivity index (χ1n) is 5.31. The molecular weight excluding hydrogens is 250 g/mol. The minimum absolute atomic E-state index is 0.413. The van der Waals surface area contributed by atoms with Crippen molar-refractivity contribution < 1.29 is 9.53 Å². The minimum atomic E-state index is -0.413. The van der Waals surface area contributed by atoms with Gasteiger partial charge >= 0.3 is 5.97 Å². The highest BCUT2D eigenvalue weighted by atomic mass is 32.1. The van der Waals surface area contributed by atoms with Gasteiger partial charge in [0.05, 0.1) is 19.2 Å². The van der Waals surface area contributed by atoms with Crippen molar-refractivity contribution in [1.82, 2.24) is 4.98 Å². The first-order chi connectivity index (χ1) is 8.70. The van der Waals surface area contributed by atoms with E-state index in [1.807, 2.05) is 5.38 Å². The number of methoxy groups -OCH3 is 1. The van der Waals surface area contributed by atoms with Gasteiger partial charge in [0.25, 0.3) is 0 Å². The molecule has 0 fully saturated rings. The highest BCUT2D eigenvalue weighted by molar-refractivity contribution is 7.09. The summed E-state index contributed by atoms with van der Waals surface area (Å²) >= 11 is 1.55. The van der Waals surface area contributed by atoms with Crippen LogP contribution in [0.4, 0.5) is 11.4 Å². The molecule has 1 aromatic heterocycles. The Morgan fingerprint density at radius 1 is 1.56 bits per heavy atom. The van der Waals surface area contributed by atoms with Gasteiger partial charge in [-0.3, -0.25) is 0 Å². The van der Waals surface area contributed by atoms with Crippen LogP contribution in [0.2, 0.25) is 0 Å². The number of nitrogens with one attached hydrogen (secondary N) is 1. The fourth-order valence-electron chi connectivity index (χ4n) is 1.51. The van der Waals surface area contributed by atoms with Gasteiger partial charge in [0.2, 0.25) is 0 Å². The Labute approximate surface area is 109 Å². The number of benzene rings is 1. The number of esters is 1. The van der Waals surface area contributed by atoms with Crippen molar-refractivity contribution in [3.05, 3.63) is 40.3 Å². The molecule has 94 valence electrons. The number of hydrogen-bond acceptors (Lipinski definition) is 6. The van der Waals surface area contributed by atoms with E-state index >= 15 is 0 Å². The second-order valence-electron chi connectivity index (χ2n) is 3.58. The van der Waals surface area contributed by atoms with E-state index in [1.54, 1.807) is 35.7 Å². The molecule has 5 nitrogen and oxygen atoms in total. The summed E-state index contributed by atoms with van der Waals surface area (Å²) in [6.07, 6.45) is 1.74. The predicted molar refractivity (Wildman–Crippen MR) is 71.6 cm³/mol. The highest BCUT2D eigenvalue weighted by Gasteiger charge is 2.12. The number of hydrogen-bond donors (Lipinski definition) is 2. The van der Waals surface area contributed by atoms with Crippen LogP contribution in [0.1, 0.15) is 15.4 Å². The number of carbonyl (C=O) groups is 1. The molecule has 1 aromatic carbocycles. The van der Waals surface area contributed by atoms with E-state index in [4.69, 9.17) is 10.5 Å². The first kappa shape index (κ1) is 12.4. The molecule has 0 saturated carbocycles. The molecule has 0 spiro atoms. The fourth-order valence-corrected chi connectivity index (χ4v) is 2.06. The zero-order chi connectivity index (χ0) is 13.0. The topological polar surface area (TPSA) is 77.2 Å². The quantitative estimate of drug-likeness (QED) is 0.652. The summed E-state index contributed by atoms with van der Waals surface area (Å²) in [5.74, 6) is -0.413. The second-order valence-corrected chi connectivity index (χ2v) is 4.56. The van der Waals surface area contributed by atoms with Crippen LogP contribution in [0.25, 0.3) is 0 Å². The zero-order valence-corrected chi connectivity index (χ0v) is 10.7. The van der Waals surface area contributed by atoms with Crippen LogP contribution in [0.5, 0.6) is 0 Å². The van der Waals surface area contributed by atoms with Crippen molar-refractivity contribution in [2.24, 2.45) is 0 Å². The van der Waals surface area contributed by atoms with Crippen molar-refractivity contribution in [3.63, 3.8) is 0 Å². The van der Waals surface area contributed by atoms with Crippen molar-refractivity contribution in [3.8, 4) is 0 Å². The average Bonchev–Trinajstić information content (AvgIpc) is 2.89. The third kappa shape index (κ3) is 2.78. The largest absolute Gasteiger partial charge is 0.465 e. The van der Waals surface area contributed by atoms with E-state index in [-0.39, 0.29) is 0 Å². The number of carbonyl (C=O) groups excluding carboxylic acids is 1. The molecule has 0 bridgehead atoms. The molecule has 0 aliphatic carbocycles. The number of rotatable bonds is 4. The van der Waals surface area contributed by atoms with E-state index in [0.717, 1.165) is 5.01 Å². The summed E-state index contributed by atoms with van der Waals surface area (Å²) in [6.45, 7) is 0.561. The lowest BCUT2D eigenvalue weighted by atomic mass is 10.1. The van der Waals surface area contributed by atoms with Gasteiger partial charge in [-0.15, -0.1) is 11.3 Å². The fraction of sp³-hybridized carbons (Fsp3) is 0.167. The third-order valence-electron chi connectivity index (χ3n) is 2.36. The molecule has 18 heavy (non-hydrogen) atoms. The molecule has 1 heterocycles. The van der Waals surface area contributed by atoms with Gasteiger partial charge in [-0.05, 0) is 18.2 Å². The molecule has 6 heteroatoms. The number of anilines is 2. The van der Waals surface area contributed by atoms with Gasteiger partial charge in [-0.1, -0.05) is 0 Å². The first-order valence-corrected chi connectivity index (χ1v) is 6.18. The van der Waals surface area contributed by atoms with Crippen LogP contribution in [0.3, 0.4) is 0 Å². The molecule has 2 aromatic rings. The van der Waals surface area contributed by atoms with Crippen LogP contribution in [0, 0.1) is 0 Å². The highest BCUT2D eigenvalue weighted by Crippen LogP contribution is 2.21. The lowest BCUT2D eigenvalue weighted by Crippen LogP contribution is -2.08. The molecule has 0 aliphatic heterocycles. The van der Waals surface area contributed by atoms with Crippen molar-refractivity contribution in [2.75, 3.05) is 18.2 Å². The summed E-state index contributed by atoms with van der Waals surface area (Å²) in [5, 5.41) is 6.00. The number of nitrogens with zero attached hydrogens (tertiary/aromatic N) is 1. The predicted octanol–water partition coefficient (Wildman–Crippen LogP) is 2.12. The maximum Gasteiger partial charge on any atom is 0.340 e. The normalized spacial score (nSPS) is 10.1. The van der Waals surface area contributed by atoms with Crippen molar-refractivity contribution in [2.45, 2.75) is 6.54 Å². The lowest BCUT2D eigenvalue weighted by Gasteiger charge is -2.10. The number of nitrogens with two attached hydrogens (primary N) is 1. The van der Waals surface area contributed by atoms with Crippen LogP contribution in [-0.4, -0.2) is 18.1 Å².